The number of aryl methyl sites for hydroxylation is 1. The molecule has 1 aromatic carbocycles. The summed E-state index contributed by atoms with van der Waals surface area (Å²) in [5.41, 5.74) is 0.310. The zero-order valence-electron chi connectivity index (χ0n) is 14.9. The van der Waals surface area contributed by atoms with Crippen LogP contribution in [0.2, 0.25) is 0 Å². The summed E-state index contributed by atoms with van der Waals surface area (Å²) in [7, 11) is 1.76. The second-order valence-corrected chi connectivity index (χ2v) is 6.80. The monoisotopic (exact) mass is 341 g/mol. The highest BCUT2D eigenvalue weighted by atomic mass is 16.3. The second-order valence-electron chi connectivity index (χ2n) is 6.80. The fraction of sp³-hybridized carbons (Fsp3) is 0.389. The van der Waals surface area contributed by atoms with E-state index in [-0.39, 0.29) is 6.54 Å². The number of urea groups is 1. The number of carbonyl (C=O) groups is 1. The van der Waals surface area contributed by atoms with Crippen LogP contribution in [0, 0.1) is 11.3 Å². The predicted octanol–water partition coefficient (Wildman–Crippen LogP) is 2.25. The van der Waals surface area contributed by atoms with Gasteiger partial charge in [-0.2, -0.15) is 10.4 Å². The van der Waals surface area contributed by atoms with E-state index in [2.05, 4.69) is 21.8 Å². The number of nitrogens with zero attached hydrogens (tertiary/aromatic N) is 3. The van der Waals surface area contributed by atoms with Gasteiger partial charge in [-0.1, -0.05) is 12.1 Å². The first-order valence-electron chi connectivity index (χ1n) is 7.92. The number of benzene rings is 1. The number of hydrogen-bond acceptors (Lipinski definition) is 4. The summed E-state index contributed by atoms with van der Waals surface area (Å²) in [6.07, 6.45) is 3.27. The molecule has 0 saturated carbocycles. The third-order valence-corrected chi connectivity index (χ3v) is 4.06. The van der Waals surface area contributed by atoms with E-state index in [9.17, 15) is 9.90 Å². The lowest BCUT2D eigenvalue weighted by molar-refractivity contribution is 0.0599. The number of anilines is 1. The Hall–Kier alpha value is -2.85. The fourth-order valence-corrected chi connectivity index (χ4v) is 2.26. The average Bonchev–Trinajstić information content (AvgIpc) is 3.01. The summed E-state index contributed by atoms with van der Waals surface area (Å²) in [6, 6.07) is 8.92. The quantitative estimate of drug-likeness (QED) is 0.776. The van der Waals surface area contributed by atoms with Crippen LogP contribution in [-0.2, 0) is 18.1 Å². The molecule has 1 heterocycles. The van der Waals surface area contributed by atoms with Crippen LogP contribution in [0.5, 0.6) is 0 Å². The second kappa shape index (κ2) is 6.95. The minimum absolute atomic E-state index is 0.0457. The van der Waals surface area contributed by atoms with Crippen LogP contribution < -0.4 is 10.6 Å². The molecule has 0 bridgehead atoms. The van der Waals surface area contributed by atoms with Gasteiger partial charge in [0, 0.05) is 24.5 Å². The minimum Gasteiger partial charge on any atom is -0.383 e. The van der Waals surface area contributed by atoms with E-state index in [1.54, 1.807) is 43.2 Å². The molecule has 3 N–H and O–H groups in total. The Morgan fingerprint density at radius 2 is 1.92 bits per heavy atom. The van der Waals surface area contributed by atoms with E-state index in [1.807, 2.05) is 26.0 Å². The Kier molecular flexibility index (Phi) is 5.14. The first-order chi connectivity index (χ1) is 11.6. The molecule has 0 fully saturated rings. The van der Waals surface area contributed by atoms with Crippen molar-refractivity contribution in [2.45, 2.75) is 31.8 Å². The molecule has 7 heteroatoms. The highest BCUT2D eigenvalue weighted by Crippen LogP contribution is 2.23. The largest absolute Gasteiger partial charge is 0.383 e. The Morgan fingerprint density at radius 1 is 1.28 bits per heavy atom. The van der Waals surface area contributed by atoms with Gasteiger partial charge in [0.15, 0.2) is 0 Å². The summed E-state index contributed by atoms with van der Waals surface area (Å²) in [6.45, 7) is 5.33. The lowest BCUT2D eigenvalue weighted by Gasteiger charge is -2.22. The molecule has 25 heavy (non-hydrogen) atoms. The van der Waals surface area contributed by atoms with Crippen molar-refractivity contribution in [3.8, 4) is 6.07 Å². The van der Waals surface area contributed by atoms with Gasteiger partial charge in [-0.25, -0.2) is 4.79 Å². The number of carbonyl (C=O) groups excluding carboxylic acids is 1. The molecule has 0 saturated heterocycles. The van der Waals surface area contributed by atoms with Gasteiger partial charge < -0.3 is 15.7 Å². The number of aliphatic hydroxyl groups is 1. The molecule has 1 aromatic heterocycles. The number of nitriles is 1. The number of amides is 2. The van der Waals surface area contributed by atoms with Gasteiger partial charge in [-0.05, 0) is 38.5 Å². The average molecular weight is 341 g/mol. The molecular weight excluding hydrogens is 318 g/mol. The molecule has 0 spiro atoms. The molecule has 7 nitrogen and oxygen atoms in total. The van der Waals surface area contributed by atoms with Crippen molar-refractivity contribution >= 4 is 11.7 Å². The highest BCUT2D eigenvalue weighted by Gasteiger charge is 2.25. The van der Waals surface area contributed by atoms with E-state index >= 15 is 0 Å². The molecule has 0 unspecified atom stereocenters. The van der Waals surface area contributed by atoms with Crippen LogP contribution in [0.1, 0.15) is 31.9 Å². The first-order valence-corrected chi connectivity index (χ1v) is 7.92. The highest BCUT2D eigenvalue weighted by molar-refractivity contribution is 5.89. The molecule has 2 amide bonds. The Morgan fingerprint density at radius 3 is 2.44 bits per heavy atom. The van der Waals surface area contributed by atoms with Crippen LogP contribution in [-0.4, -0.2) is 27.5 Å². The van der Waals surface area contributed by atoms with Crippen LogP contribution in [0.25, 0.3) is 0 Å². The molecule has 1 atom stereocenters. The molecule has 2 aromatic rings. The number of aromatic nitrogens is 2. The Labute approximate surface area is 147 Å². The van der Waals surface area contributed by atoms with Gasteiger partial charge in [0.05, 0.1) is 24.2 Å². The standard InChI is InChI=1S/C18H23N5O2/c1-17(2,11-19)13-5-7-15(8-6-13)22-16(24)20-12-18(3,25)14-9-21-23(4)10-14/h5-10,25H,12H2,1-4H3,(H2,20,22,24)/t18-/m0/s1. The lowest BCUT2D eigenvalue weighted by atomic mass is 9.86. The van der Waals surface area contributed by atoms with Gasteiger partial charge in [-0.15, -0.1) is 0 Å². The van der Waals surface area contributed by atoms with E-state index < -0.39 is 17.0 Å². The van der Waals surface area contributed by atoms with Crippen LogP contribution >= 0.6 is 0 Å². The van der Waals surface area contributed by atoms with Crippen LogP contribution in [0.3, 0.4) is 0 Å². The lowest BCUT2D eigenvalue weighted by Crippen LogP contribution is -2.40. The Bertz CT molecular complexity index is 785. The predicted molar refractivity (Wildman–Crippen MR) is 94.9 cm³/mol. The SMILES string of the molecule is Cn1cc([C@@](C)(O)CNC(=O)Nc2ccc(C(C)(C)C#N)cc2)cn1. The van der Waals surface area contributed by atoms with Gasteiger partial charge >= 0.3 is 6.03 Å². The van der Waals surface area contributed by atoms with E-state index in [4.69, 9.17) is 5.26 Å². The van der Waals surface area contributed by atoms with Crippen molar-refractivity contribution < 1.29 is 9.90 Å². The molecule has 0 radical (unpaired) electrons. The zero-order chi connectivity index (χ0) is 18.7. The third kappa shape index (κ3) is 4.58. The maximum absolute atomic E-state index is 12.0. The van der Waals surface area contributed by atoms with E-state index in [0.29, 0.717) is 11.3 Å². The van der Waals surface area contributed by atoms with Crippen molar-refractivity contribution in [2.75, 3.05) is 11.9 Å². The summed E-state index contributed by atoms with van der Waals surface area (Å²) < 4.78 is 1.59. The number of nitrogens with one attached hydrogen (secondary N) is 2. The molecule has 2 rings (SSSR count). The normalized spacial score (nSPS) is 13.6. The van der Waals surface area contributed by atoms with Gasteiger partial charge in [0.1, 0.15) is 5.60 Å². The van der Waals surface area contributed by atoms with Crippen molar-refractivity contribution in [3.05, 3.63) is 47.8 Å². The Balaban J connectivity index is 1.93. The fourth-order valence-electron chi connectivity index (χ4n) is 2.26. The zero-order valence-corrected chi connectivity index (χ0v) is 14.9. The summed E-state index contributed by atoms with van der Waals surface area (Å²) in [5, 5.41) is 29.0. The van der Waals surface area contributed by atoms with Crippen molar-refractivity contribution in [1.82, 2.24) is 15.1 Å². The topological polar surface area (TPSA) is 103 Å². The number of rotatable bonds is 5. The van der Waals surface area contributed by atoms with Gasteiger partial charge in [0.25, 0.3) is 0 Å². The van der Waals surface area contributed by atoms with Gasteiger partial charge in [0.2, 0.25) is 0 Å². The van der Waals surface area contributed by atoms with Crippen molar-refractivity contribution in [3.63, 3.8) is 0 Å². The molecule has 0 aliphatic carbocycles. The third-order valence-electron chi connectivity index (χ3n) is 4.06. The molecule has 0 aliphatic heterocycles. The maximum atomic E-state index is 12.0. The summed E-state index contributed by atoms with van der Waals surface area (Å²) in [5.74, 6) is 0. The van der Waals surface area contributed by atoms with Crippen LogP contribution in [0.15, 0.2) is 36.7 Å². The van der Waals surface area contributed by atoms with E-state index in [0.717, 1.165) is 5.56 Å². The van der Waals surface area contributed by atoms with Crippen LogP contribution in [0.4, 0.5) is 10.5 Å². The van der Waals surface area contributed by atoms with Crippen molar-refractivity contribution in [2.24, 2.45) is 7.05 Å². The number of hydrogen-bond donors (Lipinski definition) is 3. The molecule has 0 aliphatic rings. The summed E-state index contributed by atoms with van der Waals surface area (Å²) >= 11 is 0. The minimum atomic E-state index is -1.22. The molecule has 132 valence electrons. The summed E-state index contributed by atoms with van der Waals surface area (Å²) in [4.78, 5) is 12.0. The first kappa shape index (κ1) is 18.5. The maximum Gasteiger partial charge on any atom is 0.319 e. The van der Waals surface area contributed by atoms with Gasteiger partial charge in [-0.3, -0.25) is 4.68 Å². The van der Waals surface area contributed by atoms with E-state index in [1.165, 1.54) is 0 Å². The van der Waals surface area contributed by atoms with Crippen molar-refractivity contribution in [1.29, 1.82) is 5.26 Å². The smallest absolute Gasteiger partial charge is 0.319 e. The molecular formula is C18H23N5O2.